The molecule has 0 unspecified atom stereocenters. The van der Waals surface area contributed by atoms with E-state index in [1.54, 1.807) is 22.9 Å². The second-order valence-electron chi connectivity index (χ2n) is 5.03. The van der Waals surface area contributed by atoms with Crippen molar-refractivity contribution in [3.05, 3.63) is 28.7 Å². The number of anilines is 1. The summed E-state index contributed by atoms with van der Waals surface area (Å²) in [7, 11) is 0. The molecule has 0 radical (unpaired) electrons. The molecule has 2 aromatic rings. The highest BCUT2D eigenvalue weighted by Crippen LogP contribution is 2.23. The molecular weight excluding hydrogens is 228 g/mol. The number of nitrogens with zero attached hydrogens (tertiary/aromatic N) is 3. The van der Waals surface area contributed by atoms with Gasteiger partial charge in [0.05, 0.1) is 0 Å². The van der Waals surface area contributed by atoms with Gasteiger partial charge in [-0.1, -0.05) is 0 Å². The normalized spacial score (nSPS) is 15.3. The minimum Gasteiger partial charge on any atom is -0.351 e. The molecule has 1 fully saturated rings. The molecule has 1 saturated carbocycles. The maximum Gasteiger partial charge on any atom is 0.252 e. The van der Waals surface area contributed by atoms with Crippen LogP contribution in [-0.4, -0.2) is 20.6 Å². The Morgan fingerprint density at radius 1 is 1.44 bits per heavy atom. The molecular formula is C13H18N4O. The van der Waals surface area contributed by atoms with Crippen molar-refractivity contribution >= 4 is 17.0 Å². The molecule has 1 aliphatic rings. The van der Waals surface area contributed by atoms with Crippen LogP contribution in [0.25, 0.3) is 11.0 Å². The van der Waals surface area contributed by atoms with Crippen molar-refractivity contribution < 1.29 is 1.43 Å². The van der Waals surface area contributed by atoms with Crippen molar-refractivity contribution in [3.63, 3.8) is 0 Å². The van der Waals surface area contributed by atoms with Gasteiger partial charge in [-0.05, 0) is 32.8 Å². The second kappa shape index (κ2) is 4.08. The predicted molar refractivity (Wildman–Crippen MR) is 72.9 cm³/mol. The molecule has 5 nitrogen and oxygen atoms in total. The average molecular weight is 246 g/mol. The highest BCUT2D eigenvalue weighted by atomic mass is 16.1. The molecule has 3 rings (SSSR count). The van der Waals surface area contributed by atoms with Gasteiger partial charge in [-0.2, -0.15) is 4.98 Å². The maximum absolute atomic E-state index is 11.9. The van der Waals surface area contributed by atoms with Crippen molar-refractivity contribution in [2.24, 2.45) is 0 Å². The minimum atomic E-state index is -0.0198. The number of nitrogens with one attached hydrogen (secondary N) is 1. The Balaban J connectivity index is 0.00000133. The van der Waals surface area contributed by atoms with Crippen LogP contribution in [0.5, 0.6) is 0 Å². The molecule has 0 atom stereocenters. The van der Waals surface area contributed by atoms with Crippen LogP contribution in [0.3, 0.4) is 0 Å². The van der Waals surface area contributed by atoms with Crippen LogP contribution in [-0.2, 0) is 0 Å². The molecule has 18 heavy (non-hydrogen) atoms. The van der Waals surface area contributed by atoms with Crippen LogP contribution >= 0.6 is 0 Å². The van der Waals surface area contributed by atoms with Crippen molar-refractivity contribution in [1.29, 1.82) is 0 Å². The van der Waals surface area contributed by atoms with Gasteiger partial charge in [0, 0.05) is 31.2 Å². The lowest BCUT2D eigenvalue weighted by Crippen LogP contribution is -2.22. The molecule has 2 aromatic heterocycles. The monoisotopic (exact) mass is 246 g/mol. The molecule has 96 valence electrons. The first-order valence-electron chi connectivity index (χ1n) is 6.30. The zero-order valence-corrected chi connectivity index (χ0v) is 10.6. The van der Waals surface area contributed by atoms with Crippen LogP contribution in [0.4, 0.5) is 5.95 Å². The summed E-state index contributed by atoms with van der Waals surface area (Å²) in [5, 5.41) is 4.15. The zero-order chi connectivity index (χ0) is 12.7. The fourth-order valence-electron chi connectivity index (χ4n) is 2.02. The van der Waals surface area contributed by atoms with Gasteiger partial charge in [-0.3, -0.25) is 9.36 Å². The number of fused-ring (bicyclic) bond motifs is 1. The summed E-state index contributed by atoms with van der Waals surface area (Å²) in [5.74, 6) is 0.616. The van der Waals surface area contributed by atoms with E-state index < -0.39 is 0 Å². The lowest BCUT2D eigenvalue weighted by Gasteiger charge is -2.13. The topological polar surface area (TPSA) is 59.8 Å². The zero-order valence-electron chi connectivity index (χ0n) is 10.6. The first kappa shape index (κ1) is 11.2. The Bertz CT molecular complexity index is 649. The van der Waals surface area contributed by atoms with E-state index in [9.17, 15) is 4.79 Å². The molecule has 0 amide bonds. The number of aromatic nitrogens is 3. The maximum atomic E-state index is 11.9. The molecule has 0 saturated heterocycles. The molecule has 2 heterocycles. The van der Waals surface area contributed by atoms with Crippen molar-refractivity contribution in [2.45, 2.75) is 38.8 Å². The van der Waals surface area contributed by atoms with Gasteiger partial charge >= 0.3 is 0 Å². The Kier molecular flexibility index (Phi) is 2.54. The van der Waals surface area contributed by atoms with Crippen molar-refractivity contribution in [1.82, 2.24) is 14.5 Å². The van der Waals surface area contributed by atoms with Gasteiger partial charge < -0.3 is 5.32 Å². The molecule has 1 N–H and O–H groups in total. The molecule has 1 aliphatic carbocycles. The number of hydrogen-bond acceptors (Lipinski definition) is 4. The Hall–Kier alpha value is -1.91. The summed E-state index contributed by atoms with van der Waals surface area (Å²) >= 11 is 0. The van der Waals surface area contributed by atoms with E-state index in [4.69, 9.17) is 0 Å². The summed E-state index contributed by atoms with van der Waals surface area (Å²) in [6.07, 6.45) is 4.12. The van der Waals surface area contributed by atoms with Gasteiger partial charge in [0.25, 0.3) is 5.56 Å². The summed E-state index contributed by atoms with van der Waals surface area (Å²) in [5.41, 5.74) is 0.684. The van der Waals surface area contributed by atoms with Gasteiger partial charge in [0.15, 0.2) is 0 Å². The second-order valence-corrected chi connectivity index (χ2v) is 5.03. The number of pyridine rings is 1. The fourth-order valence-corrected chi connectivity index (χ4v) is 2.02. The van der Waals surface area contributed by atoms with Crippen molar-refractivity contribution in [2.75, 3.05) is 5.32 Å². The smallest absolute Gasteiger partial charge is 0.252 e. The third kappa shape index (κ3) is 1.96. The van der Waals surface area contributed by atoms with Crippen LogP contribution < -0.4 is 10.9 Å². The van der Waals surface area contributed by atoms with Crippen LogP contribution in [0.15, 0.2) is 23.1 Å². The lowest BCUT2D eigenvalue weighted by atomic mass is 10.3. The molecule has 0 bridgehead atoms. The Morgan fingerprint density at radius 2 is 2.22 bits per heavy atom. The largest absolute Gasteiger partial charge is 0.351 e. The van der Waals surface area contributed by atoms with Crippen LogP contribution in [0.2, 0.25) is 0 Å². The third-order valence-corrected chi connectivity index (χ3v) is 3.09. The van der Waals surface area contributed by atoms with Gasteiger partial charge in [-0.25, -0.2) is 4.98 Å². The highest BCUT2D eigenvalue weighted by molar-refractivity contribution is 5.75. The van der Waals surface area contributed by atoms with Gasteiger partial charge in [0.1, 0.15) is 5.65 Å². The third-order valence-electron chi connectivity index (χ3n) is 3.09. The summed E-state index contributed by atoms with van der Waals surface area (Å²) in [6.45, 7) is 3.97. The van der Waals surface area contributed by atoms with Crippen LogP contribution in [0, 0.1) is 0 Å². The summed E-state index contributed by atoms with van der Waals surface area (Å²) in [6, 6.07) is 3.94. The molecule has 0 aromatic carbocycles. The van der Waals surface area contributed by atoms with E-state index in [1.165, 1.54) is 12.8 Å². The van der Waals surface area contributed by atoms with E-state index in [1.807, 2.05) is 13.8 Å². The summed E-state index contributed by atoms with van der Waals surface area (Å²) < 4.78 is 1.70. The predicted octanol–water partition coefficient (Wildman–Crippen LogP) is 2.19. The number of hydrogen-bond donors (Lipinski definition) is 1. The van der Waals surface area contributed by atoms with E-state index in [0.717, 1.165) is 5.39 Å². The quantitative estimate of drug-likeness (QED) is 0.901. The highest BCUT2D eigenvalue weighted by Gasteiger charge is 2.22. The summed E-state index contributed by atoms with van der Waals surface area (Å²) in [4.78, 5) is 20.7. The minimum absolute atomic E-state index is 0. The Labute approximate surface area is 106 Å². The molecule has 0 spiro atoms. The van der Waals surface area contributed by atoms with E-state index >= 15 is 0 Å². The first-order valence-corrected chi connectivity index (χ1v) is 6.30. The van der Waals surface area contributed by atoms with E-state index in [0.29, 0.717) is 17.6 Å². The van der Waals surface area contributed by atoms with Gasteiger partial charge in [0.2, 0.25) is 5.95 Å². The number of rotatable bonds is 3. The van der Waals surface area contributed by atoms with E-state index in [-0.39, 0.29) is 13.0 Å². The SMILES string of the molecule is CC(C)n1c(=O)ccc2cnc(NC3CC3)nc21.[HH]. The van der Waals surface area contributed by atoms with Crippen molar-refractivity contribution in [3.8, 4) is 0 Å². The standard InChI is InChI=1S/C13H16N4O.H2/c1-8(2)17-11(18)6-3-9-7-14-13(16-12(9)17)15-10-4-5-10;/h3,6-8,10H,4-5H2,1-2H3,(H,14,15,16);1H. The first-order chi connectivity index (χ1) is 8.65. The van der Waals surface area contributed by atoms with Crippen LogP contribution in [0.1, 0.15) is 34.2 Å². The Morgan fingerprint density at radius 3 is 2.89 bits per heavy atom. The molecule has 0 aliphatic heterocycles. The lowest BCUT2D eigenvalue weighted by molar-refractivity contribution is 0.595. The average Bonchev–Trinajstić information content (AvgIpc) is 3.12. The van der Waals surface area contributed by atoms with E-state index in [2.05, 4.69) is 15.3 Å². The van der Waals surface area contributed by atoms with Gasteiger partial charge in [-0.15, -0.1) is 0 Å². The molecule has 5 heteroatoms. The fraction of sp³-hybridized carbons (Fsp3) is 0.462.